The molecule has 1 saturated heterocycles. The number of anilines is 2. The second kappa shape index (κ2) is 10.8. The van der Waals surface area contributed by atoms with Crippen molar-refractivity contribution in [2.45, 2.75) is 32.5 Å². The molecule has 1 atom stereocenters. The largest absolute Gasteiger partial charge is 0.493 e. The Kier molecular flexibility index (Phi) is 7.79. The van der Waals surface area contributed by atoms with Crippen LogP contribution in [0.5, 0.6) is 11.5 Å². The summed E-state index contributed by atoms with van der Waals surface area (Å²) in [6.07, 6.45) is 0.694. The lowest BCUT2D eigenvalue weighted by Gasteiger charge is -2.34. The third-order valence-electron chi connectivity index (χ3n) is 5.32. The number of rotatable bonds is 6. The lowest BCUT2D eigenvalue weighted by Crippen LogP contribution is -2.49. The molecule has 192 valence electrons. The van der Waals surface area contributed by atoms with Crippen LogP contribution in [0.2, 0.25) is 0 Å². The minimum Gasteiger partial charge on any atom is -0.493 e. The standard InChI is InChI=1S/C25H28BrFN4O5/c1-25(2,3)36-24(32)31-7-8-34-16(12-31)13-35-22-10-17-20(11-21(22)33-4)28-14-29-23(17)30-15-5-6-18(26)19(27)9-15/h5-6,9-11,14,16H,7-8,12-13H2,1-4H3,(H,28,29,30)/t16-/m1/s1. The van der Waals surface area contributed by atoms with Crippen molar-refractivity contribution in [1.82, 2.24) is 14.9 Å². The summed E-state index contributed by atoms with van der Waals surface area (Å²) in [6, 6.07) is 8.23. The van der Waals surface area contributed by atoms with Gasteiger partial charge in [0, 0.05) is 23.7 Å². The topological polar surface area (TPSA) is 95.0 Å². The Morgan fingerprint density at radius 1 is 1.25 bits per heavy atom. The molecule has 0 unspecified atom stereocenters. The summed E-state index contributed by atoms with van der Waals surface area (Å²) in [4.78, 5) is 22.7. The number of nitrogens with one attached hydrogen (secondary N) is 1. The summed E-state index contributed by atoms with van der Waals surface area (Å²) in [6.45, 7) is 6.86. The summed E-state index contributed by atoms with van der Waals surface area (Å²) < 4.78 is 37.2. The van der Waals surface area contributed by atoms with E-state index in [1.165, 1.54) is 12.4 Å². The van der Waals surface area contributed by atoms with E-state index in [1.807, 2.05) is 20.8 Å². The molecule has 2 aromatic carbocycles. The van der Waals surface area contributed by atoms with Crippen LogP contribution in [0.4, 0.5) is 20.7 Å². The van der Waals surface area contributed by atoms with Crippen LogP contribution >= 0.6 is 15.9 Å². The number of carbonyl (C=O) groups is 1. The van der Waals surface area contributed by atoms with E-state index < -0.39 is 11.4 Å². The smallest absolute Gasteiger partial charge is 0.410 e. The van der Waals surface area contributed by atoms with Crippen molar-refractivity contribution in [2.24, 2.45) is 0 Å². The number of morpholine rings is 1. The summed E-state index contributed by atoms with van der Waals surface area (Å²) in [5, 5.41) is 3.79. The van der Waals surface area contributed by atoms with Gasteiger partial charge in [0.25, 0.3) is 0 Å². The summed E-state index contributed by atoms with van der Waals surface area (Å²) >= 11 is 3.16. The Morgan fingerprint density at radius 2 is 2.06 bits per heavy atom. The van der Waals surface area contributed by atoms with Crippen LogP contribution in [0.3, 0.4) is 0 Å². The van der Waals surface area contributed by atoms with E-state index in [4.69, 9.17) is 18.9 Å². The molecule has 1 aromatic heterocycles. The third kappa shape index (κ3) is 6.33. The Balaban J connectivity index is 1.51. The zero-order valence-corrected chi connectivity index (χ0v) is 22.1. The molecule has 1 amide bonds. The summed E-state index contributed by atoms with van der Waals surface area (Å²) in [7, 11) is 1.54. The van der Waals surface area contributed by atoms with E-state index in [0.717, 1.165) is 0 Å². The van der Waals surface area contributed by atoms with Gasteiger partial charge in [-0.25, -0.2) is 19.2 Å². The van der Waals surface area contributed by atoms with Crippen LogP contribution in [-0.2, 0) is 9.47 Å². The molecule has 36 heavy (non-hydrogen) atoms. The van der Waals surface area contributed by atoms with Gasteiger partial charge in [-0.05, 0) is 61.0 Å². The Labute approximate surface area is 217 Å². The van der Waals surface area contributed by atoms with Crippen molar-refractivity contribution in [1.29, 1.82) is 0 Å². The molecular formula is C25H28BrFN4O5. The molecule has 1 fully saturated rings. The number of halogens is 2. The molecule has 9 nitrogen and oxygen atoms in total. The van der Waals surface area contributed by atoms with Gasteiger partial charge in [0.2, 0.25) is 0 Å². The third-order valence-corrected chi connectivity index (χ3v) is 5.96. The monoisotopic (exact) mass is 562 g/mol. The van der Waals surface area contributed by atoms with Crippen molar-refractivity contribution >= 4 is 44.4 Å². The fourth-order valence-corrected chi connectivity index (χ4v) is 3.89. The van der Waals surface area contributed by atoms with Crippen LogP contribution < -0.4 is 14.8 Å². The van der Waals surface area contributed by atoms with Gasteiger partial charge in [-0.3, -0.25) is 0 Å². The van der Waals surface area contributed by atoms with Gasteiger partial charge in [-0.15, -0.1) is 0 Å². The Hall–Kier alpha value is -3.18. The number of aromatic nitrogens is 2. The SMILES string of the molecule is COc1cc2ncnc(Nc3ccc(Br)c(F)c3)c2cc1OC[C@H]1CN(C(=O)OC(C)(C)C)CCO1. The molecule has 0 radical (unpaired) electrons. The molecule has 1 N–H and O–H groups in total. The minimum atomic E-state index is -0.574. The molecule has 1 aliphatic rings. The van der Waals surface area contributed by atoms with Gasteiger partial charge < -0.3 is 29.2 Å². The van der Waals surface area contributed by atoms with Crippen molar-refractivity contribution in [3.05, 3.63) is 46.9 Å². The number of nitrogens with zero attached hydrogens (tertiary/aromatic N) is 3. The van der Waals surface area contributed by atoms with E-state index >= 15 is 0 Å². The van der Waals surface area contributed by atoms with Crippen molar-refractivity contribution < 1.29 is 28.1 Å². The highest BCUT2D eigenvalue weighted by atomic mass is 79.9. The molecule has 11 heteroatoms. The first-order valence-electron chi connectivity index (χ1n) is 11.4. The first kappa shape index (κ1) is 25.9. The van der Waals surface area contributed by atoms with Crippen LogP contribution in [0.15, 0.2) is 41.1 Å². The Bertz CT molecular complexity index is 1250. The van der Waals surface area contributed by atoms with E-state index in [1.54, 1.807) is 36.3 Å². The molecule has 1 aliphatic heterocycles. The van der Waals surface area contributed by atoms with Crippen LogP contribution in [0, 0.1) is 5.82 Å². The second-order valence-electron chi connectivity index (χ2n) is 9.23. The van der Waals surface area contributed by atoms with Gasteiger partial charge in [0.05, 0.1) is 30.3 Å². The maximum atomic E-state index is 14.0. The van der Waals surface area contributed by atoms with Crippen molar-refractivity contribution in [3.8, 4) is 11.5 Å². The molecule has 0 spiro atoms. The number of hydrogen-bond acceptors (Lipinski definition) is 8. The van der Waals surface area contributed by atoms with Crippen LogP contribution in [0.1, 0.15) is 20.8 Å². The van der Waals surface area contributed by atoms with Crippen LogP contribution in [-0.4, -0.2) is 66.1 Å². The fourth-order valence-electron chi connectivity index (χ4n) is 3.64. The molecule has 0 aliphatic carbocycles. The average molecular weight is 563 g/mol. The first-order valence-corrected chi connectivity index (χ1v) is 12.2. The van der Waals surface area contributed by atoms with Gasteiger partial charge in [-0.1, -0.05) is 0 Å². The average Bonchev–Trinajstić information content (AvgIpc) is 2.84. The summed E-state index contributed by atoms with van der Waals surface area (Å²) in [5.41, 5.74) is 0.585. The second-order valence-corrected chi connectivity index (χ2v) is 10.1. The van der Waals surface area contributed by atoms with E-state index in [0.29, 0.717) is 58.1 Å². The molecule has 3 aromatic rings. The van der Waals surface area contributed by atoms with Gasteiger partial charge in [0.15, 0.2) is 11.5 Å². The van der Waals surface area contributed by atoms with Crippen molar-refractivity contribution in [3.63, 3.8) is 0 Å². The zero-order chi connectivity index (χ0) is 25.9. The molecule has 2 heterocycles. The number of benzene rings is 2. The highest BCUT2D eigenvalue weighted by molar-refractivity contribution is 9.10. The van der Waals surface area contributed by atoms with Gasteiger partial charge in [0.1, 0.15) is 36.3 Å². The predicted molar refractivity (Wildman–Crippen MR) is 137 cm³/mol. The molecule has 0 bridgehead atoms. The quantitative estimate of drug-likeness (QED) is 0.432. The Morgan fingerprint density at radius 3 is 2.78 bits per heavy atom. The number of hydrogen-bond donors (Lipinski definition) is 1. The van der Waals surface area contributed by atoms with Gasteiger partial charge >= 0.3 is 6.09 Å². The maximum absolute atomic E-state index is 14.0. The highest BCUT2D eigenvalue weighted by Gasteiger charge is 2.28. The zero-order valence-electron chi connectivity index (χ0n) is 20.5. The van der Waals surface area contributed by atoms with E-state index in [-0.39, 0.29) is 18.8 Å². The predicted octanol–water partition coefficient (Wildman–Crippen LogP) is 5.30. The van der Waals surface area contributed by atoms with Crippen LogP contribution in [0.25, 0.3) is 10.9 Å². The number of carbonyl (C=O) groups excluding carboxylic acids is 1. The highest BCUT2D eigenvalue weighted by Crippen LogP contribution is 2.35. The number of methoxy groups -OCH3 is 1. The molecule has 4 rings (SSSR count). The van der Waals surface area contributed by atoms with Crippen molar-refractivity contribution in [2.75, 3.05) is 38.7 Å². The summed E-state index contributed by atoms with van der Waals surface area (Å²) in [5.74, 6) is 1.04. The molecule has 0 saturated carbocycles. The maximum Gasteiger partial charge on any atom is 0.410 e. The van der Waals surface area contributed by atoms with Gasteiger partial charge in [-0.2, -0.15) is 0 Å². The lowest BCUT2D eigenvalue weighted by molar-refractivity contribution is -0.0558. The minimum absolute atomic E-state index is 0.190. The van der Waals surface area contributed by atoms with E-state index in [2.05, 4.69) is 31.2 Å². The number of fused-ring (bicyclic) bond motifs is 1. The number of amides is 1. The van der Waals surface area contributed by atoms with E-state index in [9.17, 15) is 9.18 Å². The normalized spacial score (nSPS) is 16.1. The molecular weight excluding hydrogens is 535 g/mol. The number of ether oxygens (including phenoxy) is 4. The first-order chi connectivity index (χ1) is 17.1. The lowest BCUT2D eigenvalue weighted by atomic mass is 10.2. The fraction of sp³-hybridized carbons (Fsp3) is 0.400.